The molecular formula is C6H11Li. The number of hydrogen-bond donors (Lipinski definition) is 0. The molecule has 0 nitrogen and oxygen atoms in total. The summed E-state index contributed by atoms with van der Waals surface area (Å²) in [4.78, 5) is 0. The first-order chi connectivity index (χ1) is 2.89. The molecule has 1 rings (SSSR count). The minimum absolute atomic E-state index is 0. The van der Waals surface area contributed by atoms with E-state index in [1.54, 1.807) is 0 Å². The predicted octanol–water partition coefficient (Wildman–Crippen LogP) is -0.985. The quantitative estimate of drug-likeness (QED) is 0.265. The summed E-state index contributed by atoms with van der Waals surface area (Å²) in [6, 6.07) is 0. The molecule has 0 aromatic heterocycles. The van der Waals surface area contributed by atoms with Gasteiger partial charge in [-0.2, -0.15) is 5.92 Å². The molecule has 0 saturated heterocycles. The molecule has 7 heavy (non-hydrogen) atoms. The minimum atomic E-state index is 0. The fraction of sp³-hybridized carbons (Fsp3) is 0.833. The van der Waals surface area contributed by atoms with Crippen LogP contribution in [-0.4, -0.2) is 0 Å². The first kappa shape index (κ1) is 7.60. The van der Waals surface area contributed by atoms with Gasteiger partial charge in [-0.15, -0.1) is 0 Å². The standard InChI is InChI=1S/C6H11.Li/c1-6-4-2-3-5-6;/h6H,1-5H2;/q-1;+1. The van der Waals surface area contributed by atoms with E-state index in [9.17, 15) is 0 Å². The Morgan fingerprint density at radius 1 is 1.14 bits per heavy atom. The second kappa shape index (κ2) is 3.58. The van der Waals surface area contributed by atoms with Crippen LogP contribution in [0.5, 0.6) is 0 Å². The van der Waals surface area contributed by atoms with E-state index < -0.39 is 0 Å². The molecule has 1 aliphatic carbocycles. The van der Waals surface area contributed by atoms with Gasteiger partial charge in [-0.3, -0.25) is 0 Å². The summed E-state index contributed by atoms with van der Waals surface area (Å²) in [7, 11) is 0. The Morgan fingerprint density at radius 2 is 1.57 bits per heavy atom. The van der Waals surface area contributed by atoms with E-state index in [0.29, 0.717) is 0 Å². The normalized spacial score (nSPS) is 21.9. The van der Waals surface area contributed by atoms with E-state index >= 15 is 0 Å². The molecule has 0 unspecified atom stereocenters. The Hall–Kier alpha value is 0.597. The molecular weight excluding hydrogens is 79.0 g/mol. The Bertz CT molecular complexity index is 37.4. The van der Waals surface area contributed by atoms with Crippen LogP contribution in [0.2, 0.25) is 0 Å². The van der Waals surface area contributed by atoms with E-state index in [-0.39, 0.29) is 18.9 Å². The average molecular weight is 90.1 g/mol. The molecule has 0 bridgehead atoms. The maximum Gasteiger partial charge on any atom is 1.00 e. The van der Waals surface area contributed by atoms with Gasteiger partial charge in [0.1, 0.15) is 0 Å². The van der Waals surface area contributed by atoms with Crippen LogP contribution in [0.1, 0.15) is 25.7 Å². The van der Waals surface area contributed by atoms with Crippen molar-refractivity contribution in [1.29, 1.82) is 0 Å². The van der Waals surface area contributed by atoms with Crippen molar-refractivity contribution in [1.82, 2.24) is 0 Å². The topological polar surface area (TPSA) is 0 Å². The van der Waals surface area contributed by atoms with E-state index in [4.69, 9.17) is 0 Å². The third kappa shape index (κ3) is 2.42. The van der Waals surface area contributed by atoms with E-state index in [0.717, 1.165) is 5.92 Å². The van der Waals surface area contributed by atoms with Gasteiger partial charge >= 0.3 is 18.9 Å². The molecule has 0 spiro atoms. The van der Waals surface area contributed by atoms with Crippen LogP contribution in [0.25, 0.3) is 0 Å². The van der Waals surface area contributed by atoms with Gasteiger partial charge in [0, 0.05) is 0 Å². The molecule has 0 N–H and O–H groups in total. The van der Waals surface area contributed by atoms with Crippen molar-refractivity contribution in [2.75, 3.05) is 0 Å². The average Bonchev–Trinajstić information content (AvgIpc) is 1.86. The van der Waals surface area contributed by atoms with Crippen LogP contribution in [0.3, 0.4) is 0 Å². The Morgan fingerprint density at radius 3 is 1.71 bits per heavy atom. The van der Waals surface area contributed by atoms with Gasteiger partial charge in [-0.05, 0) is 0 Å². The summed E-state index contributed by atoms with van der Waals surface area (Å²) >= 11 is 0. The Kier molecular flexibility index (Phi) is 3.89. The number of hydrogen-bond acceptors (Lipinski definition) is 0. The van der Waals surface area contributed by atoms with Crippen LogP contribution in [-0.2, 0) is 0 Å². The maximum absolute atomic E-state index is 3.94. The fourth-order valence-electron chi connectivity index (χ4n) is 1.01. The van der Waals surface area contributed by atoms with E-state index in [1.165, 1.54) is 25.7 Å². The zero-order chi connectivity index (χ0) is 4.41. The smallest absolute Gasteiger partial charge is 0.340 e. The summed E-state index contributed by atoms with van der Waals surface area (Å²) in [6.45, 7) is 3.94. The van der Waals surface area contributed by atoms with Crippen molar-refractivity contribution in [3.05, 3.63) is 6.92 Å². The molecule has 0 aromatic rings. The van der Waals surface area contributed by atoms with Gasteiger partial charge in [0.25, 0.3) is 0 Å². The van der Waals surface area contributed by atoms with Gasteiger partial charge < -0.3 is 6.92 Å². The molecule has 0 aliphatic heterocycles. The van der Waals surface area contributed by atoms with Crippen LogP contribution in [0.15, 0.2) is 0 Å². The summed E-state index contributed by atoms with van der Waals surface area (Å²) < 4.78 is 0. The monoisotopic (exact) mass is 90.1 g/mol. The third-order valence-electron chi connectivity index (χ3n) is 1.47. The van der Waals surface area contributed by atoms with Crippen molar-refractivity contribution in [2.24, 2.45) is 5.92 Å². The molecule has 36 valence electrons. The second-order valence-electron chi connectivity index (χ2n) is 2.15. The largest absolute Gasteiger partial charge is 1.00 e. The van der Waals surface area contributed by atoms with Gasteiger partial charge in [-0.1, -0.05) is 25.7 Å². The van der Waals surface area contributed by atoms with Crippen LogP contribution in [0.4, 0.5) is 0 Å². The van der Waals surface area contributed by atoms with Gasteiger partial charge in [0.15, 0.2) is 0 Å². The van der Waals surface area contributed by atoms with Crippen molar-refractivity contribution < 1.29 is 18.9 Å². The van der Waals surface area contributed by atoms with E-state index in [1.807, 2.05) is 0 Å². The van der Waals surface area contributed by atoms with Crippen LogP contribution < -0.4 is 18.9 Å². The van der Waals surface area contributed by atoms with Crippen molar-refractivity contribution >= 4 is 0 Å². The molecule has 0 atom stereocenters. The first-order valence-corrected chi connectivity index (χ1v) is 2.72. The molecule has 0 aromatic carbocycles. The van der Waals surface area contributed by atoms with Crippen LogP contribution in [0, 0.1) is 12.8 Å². The van der Waals surface area contributed by atoms with Gasteiger partial charge in [0.05, 0.1) is 0 Å². The Balaban J connectivity index is 0.000000360. The SMILES string of the molecule is [CH2-]C1CCCC1.[Li+]. The molecule has 1 fully saturated rings. The number of rotatable bonds is 0. The van der Waals surface area contributed by atoms with Crippen LogP contribution >= 0.6 is 0 Å². The summed E-state index contributed by atoms with van der Waals surface area (Å²) in [5.74, 6) is 0.796. The van der Waals surface area contributed by atoms with Crippen molar-refractivity contribution in [2.45, 2.75) is 25.7 Å². The molecule has 1 saturated carbocycles. The summed E-state index contributed by atoms with van der Waals surface area (Å²) in [5, 5.41) is 0. The van der Waals surface area contributed by atoms with Gasteiger partial charge in [-0.25, -0.2) is 0 Å². The zero-order valence-electron chi connectivity index (χ0n) is 5.11. The second-order valence-corrected chi connectivity index (χ2v) is 2.15. The zero-order valence-corrected chi connectivity index (χ0v) is 5.11. The summed E-state index contributed by atoms with van der Waals surface area (Å²) in [5.41, 5.74) is 0. The third-order valence-corrected chi connectivity index (χ3v) is 1.47. The fourth-order valence-corrected chi connectivity index (χ4v) is 1.01. The van der Waals surface area contributed by atoms with Gasteiger partial charge in [0.2, 0.25) is 0 Å². The first-order valence-electron chi connectivity index (χ1n) is 2.72. The Labute approximate surface area is 57.9 Å². The van der Waals surface area contributed by atoms with Crippen molar-refractivity contribution in [3.63, 3.8) is 0 Å². The molecule has 1 heteroatoms. The molecule has 0 heterocycles. The summed E-state index contributed by atoms with van der Waals surface area (Å²) in [6.07, 6.45) is 5.60. The molecule has 1 aliphatic rings. The van der Waals surface area contributed by atoms with Crippen molar-refractivity contribution in [3.8, 4) is 0 Å². The van der Waals surface area contributed by atoms with E-state index in [2.05, 4.69) is 6.92 Å². The minimum Gasteiger partial charge on any atom is -0.340 e. The molecule has 0 amide bonds. The predicted molar refractivity (Wildman–Crippen MR) is 27.3 cm³/mol. The maximum atomic E-state index is 3.94. The molecule has 0 radical (unpaired) electrons.